The SMILES string of the molecule is COc1cc(NC(=O)Nc2c(-c3ccncc3)[nH]c3ccc(F)cc23)cc(OC)c1OC. The molecule has 0 radical (unpaired) electrons. The molecule has 2 heterocycles. The van der Waals surface area contributed by atoms with E-state index in [9.17, 15) is 9.18 Å². The van der Waals surface area contributed by atoms with Crippen LogP contribution in [-0.4, -0.2) is 37.3 Å². The number of urea groups is 1. The maximum absolute atomic E-state index is 14.0. The Labute approximate surface area is 183 Å². The van der Waals surface area contributed by atoms with Crippen molar-refractivity contribution in [3.8, 4) is 28.5 Å². The fraction of sp³-hybridized carbons (Fsp3) is 0.130. The Morgan fingerprint density at radius 3 is 2.25 bits per heavy atom. The minimum absolute atomic E-state index is 0.397. The van der Waals surface area contributed by atoms with Crippen LogP contribution in [0.5, 0.6) is 17.2 Å². The Morgan fingerprint density at radius 2 is 1.62 bits per heavy atom. The number of anilines is 2. The maximum Gasteiger partial charge on any atom is 0.323 e. The van der Waals surface area contributed by atoms with Crippen LogP contribution < -0.4 is 24.8 Å². The Morgan fingerprint density at radius 1 is 0.938 bits per heavy atom. The number of fused-ring (bicyclic) bond motifs is 1. The standard InChI is InChI=1S/C23H21FN4O4/c1-30-18-11-15(12-19(31-2)22(18)32-3)26-23(29)28-21-16-10-14(24)4-5-17(16)27-20(21)13-6-8-25-9-7-13/h4-12,27H,1-3H3,(H2,26,28,29). The summed E-state index contributed by atoms with van der Waals surface area (Å²) in [6.07, 6.45) is 3.28. The Balaban J connectivity index is 1.69. The van der Waals surface area contributed by atoms with Crippen LogP contribution in [0.3, 0.4) is 0 Å². The van der Waals surface area contributed by atoms with Crippen LogP contribution in [0.1, 0.15) is 0 Å². The number of pyridine rings is 1. The van der Waals surface area contributed by atoms with E-state index in [0.717, 1.165) is 5.56 Å². The average Bonchev–Trinajstić information content (AvgIpc) is 3.16. The van der Waals surface area contributed by atoms with Gasteiger partial charge in [-0.3, -0.25) is 4.98 Å². The summed E-state index contributed by atoms with van der Waals surface area (Å²) < 4.78 is 29.9. The summed E-state index contributed by atoms with van der Waals surface area (Å²) in [6, 6.07) is 10.6. The summed E-state index contributed by atoms with van der Waals surface area (Å²) in [5.41, 5.74) is 2.97. The largest absolute Gasteiger partial charge is 0.493 e. The fourth-order valence-corrected chi connectivity index (χ4v) is 3.46. The first kappa shape index (κ1) is 21.0. The molecule has 0 spiro atoms. The van der Waals surface area contributed by atoms with Crippen LogP contribution in [-0.2, 0) is 0 Å². The van der Waals surface area contributed by atoms with Gasteiger partial charge >= 0.3 is 6.03 Å². The van der Waals surface area contributed by atoms with Crippen molar-refractivity contribution in [2.24, 2.45) is 0 Å². The number of halogens is 1. The van der Waals surface area contributed by atoms with Crippen LogP contribution in [0.4, 0.5) is 20.6 Å². The minimum Gasteiger partial charge on any atom is -0.493 e. The molecule has 0 unspecified atom stereocenters. The van der Waals surface area contributed by atoms with Gasteiger partial charge in [-0.05, 0) is 30.3 Å². The highest BCUT2D eigenvalue weighted by Gasteiger charge is 2.18. The number of carbonyl (C=O) groups excluding carboxylic acids is 1. The second-order valence-electron chi connectivity index (χ2n) is 6.79. The zero-order valence-corrected chi connectivity index (χ0v) is 17.7. The number of nitrogens with one attached hydrogen (secondary N) is 3. The van der Waals surface area contributed by atoms with Gasteiger partial charge in [0.25, 0.3) is 0 Å². The second kappa shape index (κ2) is 8.84. The van der Waals surface area contributed by atoms with E-state index in [2.05, 4.69) is 20.6 Å². The van der Waals surface area contributed by atoms with Crippen molar-refractivity contribution in [2.45, 2.75) is 0 Å². The van der Waals surface area contributed by atoms with Gasteiger partial charge in [-0.2, -0.15) is 0 Å². The van der Waals surface area contributed by atoms with Gasteiger partial charge in [0.05, 0.1) is 38.4 Å². The van der Waals surface area contributed by atoms with E-state index in [1.54, 1.807) is 42.7 Å². The zero-order chi connectivity index (χ0) is 22.7. The van der Waals surface area contributed by atoms with Crippen molar-refractivity contribution in [1.82, 2.24) is 9.97 Å². The third-order valence-electron chi connectivity index (χ3n) is 4.89. The molecule has 3 N–H and O–H groups in total. The molecule has 0 saturated heterocycles. The number of aromatic nitrogens is 2. The molecule has 0 bridgehead atoms. The van der Waals surface area contributed by atoms with Gasteiger partial charge in [0.15, 0.2) is 11.5 Å². The molecule has 0 fully saturated rings. The number of methoxy groups -OCH3 is 3. The number of amides is 2. The molecule has 164 valence electrons. The van der Waals surface area contributed by atoms with Gasteiger partial charge in [-0.1, -0.05) is 0 Å². The summed E-state index contributed by atoms with van der Waals surface area (Å²) in [7, 11) is 4.47. The van der Waals surface area contributed by atoms with Gasteiger partial charge in [0, 0.05) is 41.0 Å². The summed E-state index contributed by atoms with van der Waals surface area (Å²) in [5.74, 6) is 0.793. The number of H-pyrrole nitrogens is 1. The first-order chi connectivity index (χ1) is 15.5. The highest BCUT2D eigenvalue weighted by Crippen LogP contribution is 2.40. The van der Waals surface area contributed by atoms with Crippen LogP contribution in [0.25, 0.3) is 22.2 Å². The predicted octanol–water partition coefficient (Wildman–Crippen LogP) is 5.04. The second-order valence-corrected chi connectivity index (χ2v) is 6.79. The van der Waals surface area contributed by atoms with Crippen LogP contribution in [0.15, 0.2) is 54.9 Å². The number of aromatic amines is 1. The monoisotopic (exact) mass is 436 g/mol. The van der Waals surface area contributed by atoms with E-state index in [-0.39, 0.29) is 0 Å². The van der Waals surface area contributed by atoms with Crippen LogP contribution in [0, 0.1) is 5.82 Å². The molecule has 0 atom stereocenters. The molecule has 32 heavy (non-hydrogen) atoms. The van der Waals surface area contributed by atoms with Gasteiger partial charge in [0.1, 0.15) is 5.82 Å². The maximum atomic E-state index is 14.0. The molecule has 8 nitrogen and oxygen atoms in total. The van der Waals surface area contributed by atoms with E-state index < -0.39 is 11.8 Å². The van der Waals surface area contributed by atoms with E-state index in [1.807, 2.05) is 0 Å². The first-order valence-corrected chi connectivity index (χ1v) is 9.63. The molecule has 4 aromatic rings. The van der Waals surface area contributed by atoms with Gasteiger partial charge in [-0.25, -0.2) is 9.18 Å². The lowest BCUT2D eigenvalue weighted by Crippen LogP contribution is -2.19. The van der Waals surface area contributed by atoms with Crippen molar-refractivity contribution < 1.29 is 23.4 Å². The molecule has 0 aliphatic rings. The topological polar surface area (TPSA) is 97.5 Å². The Hall–Kier alpha value is -4.27. The highest BCUT2D eigenvalue weighted by atomic mass is 19.1. The van der Waals surface area contributed by atoms with E-state index in [0.29, 0.717) is 45.2 Å². The van der Waals surface area contributed by atoms with Crippen molar-refractivity contribution in [3.05, 3.63) is 60.7 Å². The first-order valence-electron chi connectivity index (χ1n) is 9.63. The third kappa shape index (κ3) is 4.00. The van der Waals surface area contributed by atoms with Crippen molar-refractivity contribution in [1.29, 1.82) is 0 Å². The third-order valence-corrected chi connectivity index (χ3v) is 4.89. The molecule has 2 amide bonds. The van der Waals surface area contributed by atoms with Gasteiger partial charge in [0.2, 0.25) is 5.75 Å². The molecule has 9 heteroatoms. The van der Waals surface area contributed by atoms with Crippen molar-refractivity contribution in [3.63, 3.8) is 0 Å². The minimum atomic E-state index is -0.528. The number of benzene rings is 2. The molecule has 0 saturated carbocycles. The number of carbonyl (C=O) groups is 1. The summed E-state index contributed by atoms with van der Waals surface area (Å²) in [6.45, 7) is 0. The lowest BCUT2D eigenvalue weighted by Gasteiger charge is -2.15. The smallest absolute Gasteiger partial charge is 0.323 e. The molecule has 0 aliphatic heterocycles. The van der Waals surface area contributed by atoms with E-state index >= 15 is 0 Å². The predicted molar refractivity (Wildman–Crippen MR) is 120 cm³/mol. The van der Waals surface area contributed by atoms with Crippen LogP contribution >= 0.6 is 0 Å². The Kier molecular flexibility index (Phi) is 5.80. The quantitative estimate of drug-likeness (QED) is 0.393. The number of hydrogen-bond acceptors (Lipinski definition) is 5. The fourth-order valence-electron chi connectivity index (χ4n) is 3.46. The Bertz CT molecular complexity index is 1250. The number of rotatable bonds is 6. The van der Waals surface area contributed by atoms with E-state index in [1.165, 1.54) is 33.5 Å². The number of hydrogen-bond donors (Lipinski definition) is 3. The molecular weight excluding hydrogens is 415 g/mol. The summed E-state index contributed by atoms with van der Waals surface area (Å²) >= 11 is 0. The molecule has 4 rings (SSSR count). The number of nitrogens with zero attached hydrogens (tertiary/aromatic N) is 1. The lowest BCUT2D eigenvalue weighted by atomic mass is 10.1. The zero-order valence-electron chi connectivity index (χ0n) is 17.7. The molecular formula is C23H21FN4O4. The highest BCUT2D eigenvalue weighted by molar-refractivity contribution is 6.10. The van der Waals surface area contributed by atoms with E-state index in [4.69, 9.17) is 14.2 Å². The van der Waals surface area contributed by atoms with Crippen molar-refractivity contribution >= 4 is 28.3 Å². The average molecular weight is 436 g/mol. The number of ether oxygens (including phenoxy) is 3. The normalized spacial score (nSPS) is 10.6. The van der Waals surface area contributed by atoms with Crippen LogP contribution in [0.2, 0.25) is 0 Å². The summed E-state index contributed by atoms with van der Waals surface area (Å²) in [4.78, 5) is 20.2. The molecule has 2 aromatic carbocycles. The van der Waals surface area contributed by atoms with Gasteiger partial charge < -0.3 is 29.8 Å². The lowest BCUT2D eigenvalue weighted by molar-refractivity contribution is 0.262. The van der Waals surface area contributed by atoms with Gasteiger partial charge in [-0.15, -0.1) is 0 Å². The summed E-state index contributed by atoms with van der Waals surface area (Å²) in [5, 5.41) is 6.12. The molecule has 2 aromatic heterocycles. The molecule has 0 aliphatic carbocycles. The van der Waals surface area contributed by atoms with Crippen molar-refractivity contribution in [2.75, 3.05) is 32.0 Å².